The molecule has 0 heterocycles. The fourth-order valence-corrected chi connectivity index (χ4v) is 2.67. The summed E-state index contributed by atoms with van der Waals surface area (Å²) < 4.78 is 11.5. The fourth-order valence-electron chi connectivity index (χ4n) is 2.29. The lowest BCUT2D eigenvalue weighted by molar-refractivity contribution is -0.128. The predicted octanol–water partition coefficient (Wildman–Crippen LogP) is 3.46. The number of carbonyl (C=O) groups is 1. The Labute approximate surface area is 156 Å². The predicted molar refractivity (Wildman–Crippen MR) is 99.8 cm³/mol. The molecule has 134 valence electrons. The maximum Gasteiger partial charge on any atom is 0.261 e. The van der Waals surface area contributed by atoms with Crippen molar-refractivity contribution in [2.45, 2.75) is 32.1 Å². The molecule has 0 aromatic heterocycles. The quantitative estimate of drug-likeness (QED) is 0.737. The first kappa shape index (κ1) is 19.3. The minimum absolute atomic E-state index is 0.296. The zero-order valence-corrected chi connectivity index (χ0v) is 16.0. The first-order valence-electron chi connectivity index (χ1n) is 7.96. The second kappa shape index (κ2) is 8.87. The van der Waals surface area contributed by atoms with Crippen LogP contribution in [0.2, 0.25) is 0 Å². The van der Waals surface area contributed by atoms with E-state index in [-0.39, 0.29) is 5.91 Å². The number of para-hydroxylation sites is 1. The van der Waals surface area contributed by atoms with Crippen molar-refractivity contribution >= 4 is 21.8 Å². The van der Waals surface area contributed by atoms with Crippen molar-refractivity contribution in [3.8, 4) is 11.5 Å². The number of rotatable bonds is 7. The summed E-state index contributed by atoms with van der Waals surface area (Å²) in [5, 5.41) is 13.2. The molecule has 0 aliphatic carbocycles. The normalized spacial score (nSPS) is 14.3. The molecule has 2 rings (SSSR count). The van der Waals surface area contributed by atoms with Crippen LogP contribution in [0.3, 0.4) is 0 Å². The molecule has 25 heavy (non-hydrogen) atoms. The van der Waals surface area contributed by atoms with Gasteiger partial charge in [-0.05, 0) is 59.6 Å². The van der Waals surface area contributed by atoms with Gasteiger partial charge in [0.05, 0.1) is 23.7 Å². The van der Waals surface area contributed by atoms with Crippen LogP contribution in [-0.4, -0.2) is 30.3 Å². The Morgan fingerprint density at radius 1 is 1.12 bits per heavy atom. The summed E-state index contributed by atoms with van der Waals surface area (Å²) in [4.78, 5) is 12.3. The summed E-state index contributed by atoms with van der Waals surface area (Å²) in [5.41, 5.74) is 0.702. The van der Waals surface area contributed by atoms with E-state index in [1.165, 1.54) is 0 Å². The molecule has 5 nitrogen and oxygen atoms in total. The molecule has 6 heteroatoms. The molecule has 0 spiro atoms. The van der Waals surface area contributed by atoms with Crippen molar-refractivity contribution in [3.05, 3.63) is 58.6 Å². The van der Waals surface area contributed by atoms with E-state index in [9.17, 15) is 9.90 Å². The SMILES string of the molecule is COc1ccc([C@H](O)[C@H](C)NC(=O)[C@@H](C)Oc2ccccc2Br)cc1. The summed E-state index contributed by atoms with van der Waals surface area (Å²) in [5.74, 6) is 1.01. The molecule has 0 saturated carbocycles. The first-order valence-corrected chi connectivity index (χ1v) is 8.75. The fraction of sp³-hybridized carbons (Fsp3) is 0.316. The number of carbonyl (C=O) groups excluding carboxylic acids is 1. The van der Waals surface area contributed by atoms with E-state index in [0.29, 0.717) is 17.1 Å². The third-order valence-electron chi connectivity index (χ3n) is 3.81. The van der Waals surface area contributed by atoms with Crippen LogP contribution in [0.1, 0.15) is 25.5 Å². The van der Waals surface area contributed by atoms with Crippen molar-refractivity contribution in [1.29, 1.82) is 0 Å². The molecule has 2 aromatic rings. The lowest BCUT2D eigenvalue weighted by Crippen LogP contribution is -2.43. The first-order chi connectivity index (χ1) is 11.9. The van der Waals surface area contributed by atoms with Gasteiger partial charge in [-0.2, -0.15) is 0 Å². The molecule has 3 atom stereocenters. The van der Waals surface area contributed by atoms with Gasteiger partial charge in [0.25, 0.3) is 5.91 Å². The van der Waals surface area contributed by atoms with Gasteiger partial charge in [-0.1, -0.05) is 24.3 Å². The summed E-state index contributed by atoms with van der Waals surface area (Å²) in [7, 11) is 1.58. The van der Waals surface area contributed by atoms with Crippen LogP contribution >= 0.6 is 15.9 Å². The van der Waals surface area contributed by atoms with Crippen molar-refractivity contribution in [2.24, 2.45) is 0 Å². The topological polar surface area (TPSA) is 67.8 Å². The summed E-state index contributed by atoms with van der Waals surface area (Å²) in [6, 6.07) is 13.9. The van der Waals surface area contributed by atoms with Crippen LogP contribution in [0.4, 0.5) is 0 Å². The Hall–Kier alpha value is -2.05. The van der Waals surface area contributed by atoms with Gasteiger partial charge in [0, 0.05) is 0 Å². The van der Waals surface area contributed by atoms with Crippen LogP contribution in [-0.2, 0) is 4.79 Å². The van der Waals surface area contributed by atoms with Crippen LogP contribution in [0.15, 0.2) is 53.0 Å². The Kier molecular flexibility index (Phi) is 6.84. The molecule has 0 aliphatic rings. The largest absolute Gasteiger partial charge is 0.497 e. The van der Waals surface area contributed by atoms with E-state index in [4.69, 9.17) is 9.47 Å². The van der Waals surface area contributed by atoms with Crippen LogP contribution in [0.5, 0.6) is 11.5 Å². The average Bonchev–Trinajstić information content (AvgIpc) is 2.62. The molecule has 2 aromatic carbocycles. The third kappa shape index (κ3) is 5.21. The second-order valence-electron chi connectivity index (χ2n) is 5.71. The van der Waals surface area contributed by atoms with Gasteiger partial charge < -0.3 is 19.9 Å². The molecule has 2 N–H and O–H groups in total. The van der Waals surface area contributed by atoms with Crippen molar-refractivity contribution < 1.29 is 19.4 Å². The Bertz CT molecular complexity index is 705. The molecule has 0 fully saturated rings. The van der Waals surface area contributed by atoms with Crippen molar-refractivity contribution in [2.75, 3.05) is 7.11 Å². The highest BCUT2D eigenvalue weighted by atomic mass is 79.9. The van der Waals surface area contributed by atoms with Gasteiger partial charge in [0.15, 0.2) is 6.10 Å². The van der Waals surface area contributed by atoms with Gasteiger partial charge in [-0.3, -0.25) is 4.79 Å². The van der Waals surface area contributed by atoms with E-state index in [1.54, 1.807) is 51.3 Å². The minimum atomic E-state index is -0.828. The van der Waals surface area contributed by atoms with Gasteiger partial charge in [0.2, 0.25) is 0 Å². The molecule has 1 amide bonds. The van der Waals surface area contributed by atoms with E-state index >= 15 is 0 Å². The van der Waals surface area contributed by atoms with E-state index < -0.39 is 18.2 Å². The Morgan fingerprint density at radius 3 is 2.36 bits per heavy atom. The minimum Gasteiger partial charge on any atom is -0.497 e. The van der Waals surface area contributed by atoms with Gasteiger partial charge in [-0.25, -0.2) is 0 Å². The maximum atomic E-state index is 12.3. The van der Waals surface area contributed by atoms with E-state index in [2.05, 4.69) is 21.2 Å². The van der Waals surface area contributed by atoms with Gasteiger partial charge >= 0.3 is 0 Å². The molecule has 0 bridgehead atoms. The maximum absolute atomic E-state index is 12.3. The van der Waals surface area contributed by atoms with Gasteiger partial charge in [-0.15, -0.1) is 0 Å². The number of nitrogens with one attached hydrogen (secondary N) is 1. The summed E-state index contributed by atoms with van der Waals surface area (Å²) in [6.07, 6.45) is -1.52. The number of hydrogen-bond acceptors (Lipinski definition) is 4. The lowest BCUT2D eigenvalue weighted by atomic mass is 10.0. The van der Waals surface area contributed by atoms with Gasteiger partial charge in [0.1, 0.15) is 11.5 Å². The van der Waals surface area contributed by atoms with E-state index in [1.807, 2.05) is 18.2 Å². The number of methoxy groups -OCH3 is 1. The lowest BCUT2D eigenvalue weighted by Gasteiger charge is -2.23. The van der Waals surface area contributed by atoms with Crippen LogP contribution in [0.25, 0.3) is 0 Å². The highest BCUT2D eigenvalue weighted by Gasteiger charge is 2.22. The van der Waals surface area contributed by atoms with E-state index in [0.717, 1.165) is 4.47 Å². The number of hydrogen-bond donors (Lipinski definition) is 2. The number of amides is 1. The molecule has 0 aliphatic heterocycles. The highest BCUT2D eigenvalue weighted by molar-refractivity contribution is 9.10. The molecule has 0 radical (unpaired) electrons. The summed E-state index contributed by atoms with van der Waals surface area (Å²) in [6.45, 7) is 3.42. The highest BCUT2D eigenvalue weighted by Crippen LogP contribution is 2.25. The Morgan fingerprint density at radius 2 is 1.76 bits per heavy atom. The third-order valence-corrected chi connectivity index (χ3v) is 4.47. The zero-order chi connectivity index (χ0) is 18.4. The number of aliphatic hydroxyl groups is 1. The summed E-state index contributed by atoms with van der Waals surface area (Å²) >= 11 is 3.38. The van der Waals surface area contributed by atoms with Crippen LogP contribution in [0, 0.1) is 0 Å². The number of benzene rings is 2. The average molecular weight is 408 g/mol. The monoisotopic (exact) mass is 407 g/mol. The smallest absolute Gasteiger partial charge is 0.261 e. The standard InChI is InChI=1S/C19H22BrNO4/c1-12(18(22)14-8-10-15(24-3)11-9-14)21-19(23)13(2)25-17-7-5-4-6-16(17)20/h4-13,18,22H,1-3H3,(H,21,23)/t12-,13+,18+/m0/s1. The second-order valence-corrected chi connectivity index (χ2v) is 6.56. The van der Waals surface area contributed by atoms with Crippen LogP contribution < -0.4 is 14.8 Å². The number of aliphatic hydroxyl groups excluding tert-OH is 1. The molecule has 0 unspecified atom stereocenters. The molecular formula is C19H22BrNO4. The number of halogens is 1. The molecule has 0 saturated heterocycles. The molecular weight excluding hydrogens is 386 g/mol. The Balaban J connectivity index is 1.94. The zero-order valence-electron chi connectivity index (χ0n) is 14.4. The number of ether oxygens (including phenoxy) is 2. The van der Waals surface area contributed by atoms with Crippen molar-refractivity contribution in [3.63, 3.8) is 0 Å². The van der Waals surface area contributed by atoms with Crippen molar-refractivity contribution in [1.82, 2.24) is 5.32 Å².